The third-order valence-corrected chi connectivity index (χ3v) is 4.82. The number of fused-ring (bicyclic) bond motifs is 2. The number of nitrogens with one attached hydrogen (secondary N) is 3. The van der Waals surface area contributed by atoms with Gasteiger partial charge in [-0.05, 0) is 24.1 Å². The average molecular weight is 364 g/mol. The van der Waals surface area contributed by atoms with Crippen LogP contribution in [0.25, 0.3) is 21.8 Å². The van der Waals surface area contributed by atoms with Gasteiger partial charge in [0, 0.05) is 35.1 Å². The molecule has 4 rings (SSSR count). The number of rotatable bonds is 5. The van der Waals surface area contributed by atoms with Crippen molar-refractivity contribution >= 4 is 21.8 Å². The van der Waals surface area contributed by atoms with Crippen LogP contribution in [-0.4, -0.2) is 28.8 Å². The minimum absolute atomic E-state index is 0.148. The van der Waals surface area contributed by atoms with Crippen LogP contribution in [0.5, 0.6) is 11.5 Å². The Morgan fingerprint density at radius 3 is 2.56 bits per heavy atom. The summed E-state index contributed by atoms with van der Waals surface area (Å²) in [6.45, 7) is 0.403. The summed E-state index contributed by atoms with van der Waals surface area (Å²) in [5.74, 6) is 1.03. The predicted molar refractivity (Wildman–Crippen MR) is 104 cm³/mol. The lowest BCUT2D eigenvalue weighted by Gasteiger charge is -2.12. The Hall–Kier alpha value is -3.48. The maximum Gasteiger partial charge on any atom is 0.327 e. The number of hydrogen-bond donors (Lipinski definition) is 3. The number of para-hydroxylation sites is 1. The number of H-pyrrole nitrogens is 2. The quantitative estimate of drug-likeness (QED) is 0.508. The molecule has 0 fully saturated rings. The SMILES string of the molecule is COc1cc2[nH]c(=O)n(CCc3c[nH]c4ccccc34)c(=N)c2cc1OC. The van der Waals surface area contributed by atoms with Crippen LogP contribution in [-0.2, 0) is 13.0 Å². The normalized spacial score (nSPS) is 11.2. The van der Waals surface area contributed by atoms with Crippen LogP contribution < -0.4 is 20.7 Å². The fraction of sp³-hybridized carbons (Fsp3) is 0.200. The van der Waals surface area contributed by atoms with Crippen LogP contribution in [0.2, 0.25) is 0 Å². The molecule has 2 aromatic carbocycles. The zero-order valence-corrected chi connectivity index (χ0v) is 15.1. The van der Waals surface area contributed by atoms with Crippen molar-refractivity contribution in [3.63, 3.8) is 0 Å². The van der Waals surface area contributed by atoms with Gasteiger partial charge in [-0.15, -0.1) is 0 Å². The Bertz CT molecular complexity index is 1250. The summed E-state index contributed by atoms with van der Waals surface area (Å²) < 4.78 is 12.0. The predicted octanol–water partition coefficient (Wildman–Crippen LogP) is 2.55. The summed E-state index contributed by atoms with van der Waals surface area (Å²) in [4.78, 5) is 18.6. The first-order valence-electron chi connectivity index (χ1n) is 8.61. The van der Waals surface area contributed by atoms with Crippen molar-refractivity contribution < 1.29 is 9.47 Å². The lowest BCUT2D eigenvalue weighted by Crippen LogP contribution is -2.35. The summed E-state index contributed by atoms with van der Waals surface area (Å²) in [6, 6.07) is 11.4. The second-order valence-electron chi connectivity index (χ2n) is 6.29. The van der Waals surface area contributed by atoms with Crippen LogP contribution in [0.15, 0.2) is 47.4 Å². The van der Waals surface area contributed by atoms with Gasteiger partial charge < -0.3 is 19.4 Å². The van der Waals surface area contributed by atoms with Crippen molar-refractivity contribution in [1.29, 1.82) is 5.41 Å². The Kier molecular flexibility index (Phi) is 4.19. The molecule has 0 spiro atoms. The number of nitrogens with zero attached hydrogens (tertiary/aromatic N) is 1. The number of ether oxygens (including phenoxy) is 2. The van der Waals surface area contributed by atoms with Crippen molar-refractivity contribution in [2.75, 3.05) is 14.2 Å². The smallest absolute Gasteiger partial charge is 0.327 e. The number of benzene rings is 2. The summed E-state index contributed by atoms with van der Waals surface area (Å²) in [6.07, 6.45) is 2.60. The van der Waals surface area contributed by atoms with Crippen LogP contribution in [0.3, 0.4) is 0 Å². The molecule has 0 unspecified atom stereocenters. The maximum absolute atomic E-state index is 12.5. The highest BCUT2D eigenvalue weighted by Crippen LogP contribution is 2.29. The van der Waals surface area contributed by atoms with E-state index in [1.807, 2.05) is 24.4 Å². The lowest BCUT2D eigenvalue weighted by atomic mass is 10.1. The van der Waals surface area contributed by atoms with E-state index in [0.717, 1.165) is 16.5 Å². The zero-order chi connectivity index (χ0) is 19.0. The molecule has 0 saturated heterocycles. The molecule has 7 nitrogen and oxygen atoms in total. The number of aryl methyl sites for hydroxylation is 1. The Labute approximate surface area is 154 Å². The third kappa shape index (κ3) is 2.87. The highest BCUT2D eigenvalue weighted by atomic mass is 16.5. The molecule has 0 saturated carbocycles. The van der Waals surface area contributed by atoms with Gasteiger partial charge in [-0.25, -0.2) is 4.79 Å². The van der Waals surface area contributed by atoms with E-state index < -0.39 is 0 Å². The summed E-state index contributed by atoms with van der Waals surface area (Å²) in [5, 5.41) is 10.2. The number of hydrogen-bond acceptors (Lipinski definition) is 4. The molecule has 0 aliphatic heterocycles. The number of aromatic nitrogens is 3. The van der Waals surface area contributed by atoms with Crippen molar-refractivity contribution in [3.05, 3.63) is 64.1 Å². The first kappa shape index (κ1) is 17.0. The maximum atomic E-state index is 12.5. The Morgan fingerprint density at radius 1 is 1.04 bits per heavy atom. The molecule has 0 aliphatic rings. The lowest BCUT2D eigenvalue weighted by molar-refractivity contribution is 0.355. The highest BCUT2D eigenvalue weighted by molar-refractivity contribution is 5.83. The van der Waals surface area contributed by atoms with Gasteiger partial charge in [0.05, 0.1) is 19.7 Å². The van der Waals surface area contributed by atoms with Crippen molar-refractivity contribution in [2.45, 2.75) is 13.0 Å². The van der Waals surface area contributed by atoms with E-state index in [0.29, 0.717) is 35.4 Å². The largest absolute Gasteiger partial charge is 0.493 e. The van der Waals surface area contributed by atoms with Gasteiger partial charge in [0.1, 0.15) is 5.49 Å². The van der Waals surface area contributed by atoms with E-state index in [4.69, 9.17) is 14.9 Å². The van der Waals surface area contributed by atoms with Gasteiger partial charge in [-0.2, -0.15) is 0 Å². The molecular formula is C20H20N4O3. The molecule has 0 amide bonds. The molecule has 2 heterocycles. The topological polar surface area (TPSA) is 95.9 Å². The molecule has 2 aromatic heterocycles. The van der Waals surface area contributed by atoms with Crippen LogP contribution in [0.1, 0.15) is 5.56 Å². The first-order valence-corrected chi connectivity index (χ1v) is 8.61. The molecule has 3 N–H and O–H groups in total. The monoisotopic (exact) mass is 364 g/mol. The zero-order valence-electron chi connectivity index (χ0n) is 15.1. The Morgan fingerprint density at radius 2 is 1.78 bits per heavy atom. The number of aromatic amines is 2. The average Bonchev–Trinajstić information content (AvgIpc) is 3.10. The van der Waals surface area contributed by atoms with Crippen LogP contribution in [0.4, 0.5) is 0 Å². The fourth-order valence-electron chi connectivity index (χ4n) is 3.39. The molecule has 0 aliphatic carbocycles. The molecule has 138 valence electrons. The second-order valence-corrected chi connectivity index (χ2v) is 6.29. The Balaban J connectivity index is 1.75. The van der Waals surface area contributed by atoms with E-state index in [1.54, 1.807) is 19.2 Å². The highest BCUT2D eigenvalue weighted by Gasteiger charge is 2.12. The molecule has 0 bridgehead atoms. The fourth-order valence-corrected chi connectivity index (χ4v) is 3.39. The molecule has 4 aromatic rings. The van der Waals surface area contributed by atoms with Crippen LogP contribution in [0, 0.1) is 5.41 Å². The van der Waals surface area contributed by atoms with Crippen molar-refractivity contribution in [1.82, 2.24) is 14.5 Å². The van der Waals surface area contributed by atoms with Gasteiger partial charge in [-0.3, -0.25) is 9.98 Å². The van der Waals surface area contributed by atoms with Gasteiger partial charge in [0.2, 0.25) is 0 Å². The summed E-state index contributed by atoms with van der Waals surface area (Å²) in [7, 11) is 3.08. The van der Waals surface area contributed by atoms with Crippen LogP contribution >= 0.6 is 0 Å². The third-order valence-electron chi connectivity index (χ3n) is 4.82. The summed E-state index contributed by atoms with van der Waals surface area (Å²) >= 11 is 0. The van der Waals surface area contributed by atoms with E-state index in [2.05, 4.69) is 16.0 Å². The standard InChI is InChI=1S/C20H20N4O3/c1-26-17-9-14-16(10-18(17)27-2)23-20(25)24(19(14)21)8-7-12-11-22-15-6-4-3-5-13(12)15/h3-6,9-11,21-22H,7-8H2,1-2H3,(H,23,25). The van der Waals surface area contributed by atoms with Crippen molar-refractivity contribution in [3.8, 4) is 11.5 Å². The number of methoxy groups -OCH3 is 2. The van der Waals surface area contributed by atoms with Gasteiger partial charge in [0.15, 0.2) is 11.5 Å². The second kappa shape index (κ2) is 6.68. The molecule has 0 radical (unpaired) electrons. The van der Waals surface area contributed by atoms with E-state index in [1.165, 1.54) is 11.7 Å². The van der Waals surface area contributed by atoms with E-state index in [9.17, 15) is 4.79 Å². The van der Waals surface area contributed by atoms with Crippen molar-refractivity contribution in [2.24, 2.45) is 0 Å². The van der Waals surface area contributed by atoms with Gasteiger partial charge in [-0.1, -0.05) is 18.2 Å². The van der Waals surface area contributed by atoms with Gasteiger partial charge >= 0.3 is 5.69 Å². The van der Waals surface area contributed by atoms with Gasteiger partial charge in [0.25, 0.3) is 0 Å². The molecule has 27 heavy (non-hydrogen) atoms. The first-order chi connectivity index (χ1) is 13.1. The molecule has 7 heteroatoms. The van der Waals surface area contributed by atoms with E-state index in [-0.39, 0.29) is 11.2 Å². The molecular weight excluding hydrogens is 344 g/mol. The minimum Gasteiger partial charge on any atom is -0.493 e. The molecule has 0 atom stereocenters. The minimum atomic E-state index is -0.320. The van der Waals surface area contributed by atoms with E-state index >= 15 is 0 Å². The summed E-state index contributed by atoms with van der Waals surface area (Å²) in [5.41, 5.74) is 2.55.